The summed E-state index contributed by atoms with van der Waals surface area (Å²) in [5, 5.41) is 0. The molecule has 1 saturated heterocycles. The molecule has 0 N–H and O–H groups in total. The molecule has 1 heterocycles. The lowest BCUT2D eigenvalue weighted by molar-refractivity contribution is -0.154. The second-order valence-corrected chi connectivity index (χ2v) is 6.11. The van der Waals surface area contributed by atoms with Crippen LogP contribution in [0.1, 0.15) is 30.4 Å². The maximum Gasteiger partial charge on any atom is 0.158 e. The van der Waals surface area contributed by atoms with E-state index < -0.39 is 11.6 Å². The van der Waals surface area contributed by atoms with Crippen LogP contribution in [0.25, 0.3) is 11.1 Å². The van der Waals surface area contributed by atoms with Crippen LogP contribution in [0.5, 0.6) is 0 Å². The van der Waals surface area contributed by atoms with Gasteiger partial charge < -0.3 is 9.47 Å². The van der Waals surface area contributed by atoms with Crippen LogP contribution in [0.2, 0.25) is 0 Å². The van der Waals surface area contributed by atoms with Crippen LogP contribution in [0.15, 0.2) is 48.5 Å². The lowest BCUT2D eigenvalue weighted by atomic mass is 9.95. The Balaban J connectivity index is 1.98. The number of halogens is 2. The molecule has 0 aliphatic carbocycles. The number of carbonyl (C=O) groups excluding carboxylic acids is 1. The molecular weight excluding hydrogens is 338 g/mol. The Morgan fingerprint density at radius 2 is 1.96 bits per heavy atom. The van der Waals surface area contributed by atoms with Crippen molar-refractivity contribution < 1.29 is 23.0 Å². The third-order valence-corrected chi connectivity index (χ3v) is 4.34. The van der Waals surface area contributed by atoms with Gasteiger partial charge in [0.15, 0.2) is 12.6 Å². The van der Waals surface area contributed by atoms with Crippen molar-refractivity contribution in [3.8, 4) is 0 Å². The molecule has 1 fully saturated rings. The van der Waals surface area contributed by atoms with Gasteiger partial charge in [0, 0.05) is 23.8 Å². The van der Waals surface area contributed by atoms with E-state index in [-0.39, 0.29) is 24.0 Å². The standard InChI is InChI=1S/C21H20F2O3/c22-16-9-10-17(20(23)12-16)18(13-24)19(15-6-2-1-3-7-15)14-26-21-8-4-5-11-25-21/h1-3,6-7,9-10,12-13,21H,4-5,8,11,14H2/b19-18+. The summed E-state index contributed by atoms with van der Waals surface area (Å²) in [6.07, 6.45) is 3.05. The van der Waals surface area contributed by atoms with E-state index in [0.29, 0.717) is 18.5 Å². The van der Waals surface area contributed by atoms with Crippen LogP contribution in [0.3, 0.4) is 0 Å². The van der Waals surface area contributed by atoms with Crippen LogP contribution in [-0.4, -0.2) is 25.8 Å². The van der Waals surface area contributed by atoms with E-state index in [1.165, 1.54) is 6.07 Å². The Morgan fingerprint density at radius 1 is 1.15 bits per heavy atom. The van der Waals surface area contributed by atoms with Gasteiger partial charge in [0.05, 0.1) is 6.61 Å². The molecule has 136 valence electrons. The summed E-state index contributed by atoms with van der Waals surface area (Å²) in [7, 11) is 0. The summed E-state index contributed by atoms with van der Waals surface area (Å²) >= 11 is 0. The molecule has 26 heavy (non-hydrogen) atoms. The topological polar surface area (TPSA) is 35.5 Å². The number of benzene rings is 2. The average molecular weight is 358 g/mol. The van der Waals surface area contributed by atoms with Crippen molar-refractivity contribution in [2.75, 3.05) is 13.2 Å². The third-order valence-electron chi connectivity index (χ3n) is 4.34. The molecule has 0 saturated carbocycles. The normalized spacial score (nSPS) is 18.3. The summed E-state index contributed by atoms with van der Waals surface area (Å²) in [4.78, 5) is 11.8. The molecule has 2 aromatic rings. The Labute approximate surface area is 151 Å². The van der Waals surface area contributed by atoms with Crippen LogP contribution >= 0.6 is 0 Å². The number of aldehydes is 1. The minimum atomic E-state index is -0.783. The predicted molar refractivity (Wildman–Crippen MR) is 95.2 cm³/mol. The van der Waals surface area contributed by atoms with Crippen molar-refractivity contribution in [2.24, 2.45) is 0 Å². The monoisotopic (exact) mass is 358 g/mol. The van der Waals surface area contributed by atoms with Crippen molar-refractivity contribution in [2.45, 2.75) is 25.6 Å². The first-order chi connectivity index (χ1) is 12.7. The number of allylic oxidation sites excluding steroid dienone is 1. The maximum absolute atomic E-state index is 14.3. The fraction of sp³-hybridized carbons (Fsp3) is 0.286. The predicted octanol–water partition coefficient (Wildman–Crippen LogP) is 4.62. The first-order valence-electron chi connectivity index (χ1n) is 8.61. The van der Waals surface area contributed by atoms with E-state index in [1.54, 1.807) is 0 Å². The molecule has 5 heteroatoms. The van der Waals surface area contributed by atoms with Gasteiger partial charge in [-0.15, -0.1) is 0 Å². The first kappa shape index (κ1) is 18.4. The molecule has 0 radical (unpaired) electrons. The van der Waals surface area contributed by atoms with E-state index in [4.69, 9.17) is 9.47 Å². The fourth-order valence-corrected chi connectivity index (χ4v) is 2.98. The largest absolute Gasteiger partial charge is 0.353 e. The van der Waals surface area contributed by atoms with Gasteiger partial charge in [-0.2, -0.15) is 0 Å². The number of carbonyl (C=O) groups is 1. The Morgan fingerprint density at radius 3 is 2.62 bits per heavy atom. The van der Waals surface area contributed by atoms with Gasteiger partial charge in [0.2, 0.25) is 0 Å². The van der Waals surface area contributed by atoms with Gasteiger partial charge in [0.25, 0.3) is 0 Å². The second kappa shape index (κ2) is 8.83. The fourth-order valence-electron chi connectivity index (χ4n) is 2.98. The zero-order valence-electron chi connectivity index (χ0n) is 14.3. The molecule has 1 aliphatic rings. The summed E-state index contributed by atoms with van der Waals surface area (Å²) in [5.41, 5.74) is 1.48. The maximum atomic E-state index is 14.3. The molecule has 0 amide bonds. The van der Waals surface area contributed by atoms with Crippen molar-refractivity contribution in [3.05, 3.63) is 71.3 Å². The average Bonchev–Trinajstić information content (AvgIpc) is 2.67. The lowest BCUT2D eigenvalue weighted by Gasteiger charge is -2.24. The minimum absolute atomic E-state index is 0.0495. The van der Waals surface area contributed by atoms with Crippen molar-refractivity contribution in [1.82, 2.24) is 0 Å². The molecule has 0 spiro atoms. The highest BCUT2D eigenvalue weighted by atomic mass is 19.1. The Kier molecular flexibility index (Phi) is 6.26. The van der Waals surface area contributed by atoms with Crippen LogP contribution in [0, 0.1) is 11.6 Å². The molecule has 0 aromatic heterocycles. The smallest absolute Gasteiger partial charge is 0.158 e. The molecule has 3 nitrogen and oxygen atoms in total. The Hall–Kier alpha value is -2.37. The van der Waals surface area contributed by atoms with Gasteiger partial charge in [-0.1, -0.05) is 30.3 Å². The number of ether oxygens (including phenoxy) is 2. The summed E-state index contributed by atoms with van der Waals surface area (Å²) in [6, 6.07) is 12.3. The third kappa shape index (κ3) is 4.42. The highest BCUT2D eigenvalue weighted by molar-refractivity contribution is 6.17. The SMILES string of the molecule is O=C/C(=C(/COC1CCCCO1)c1ccccc1)c1ccc(F)cc1F. The molecule has 1 atom stereocenters. The van der Waals surface area contributed by atoms with E-state index >= 15 is 0 Å². The number of rotatable bonds is 6. The van der Waals surface area contributed by atoms with Crippen LogP contribution < -0.4 is 0 Å². The minimum Gasteiger partial charge on any atom is -0.353 e. The molecule has 1 unspecified atom stereocenters. The summed E-state index contributed by atoms with van der Waals surface area (Å²) in [6.45, 7) is 0.738. The van der Waals surface area contributed by atoms with Gasteiger partial charge in [-0.3, -0.25) is 4.79 Å². The molecule has 3 rings (SSSR count). The summed E-state index contributed by atoms with van der Waals surface area (Å²) < 4.78 is 38.9. The van der Waals surface area contributed by atoms with E-state index in [9.17, 15) is 13.6 Å². The zero-order chi connectivity index (χ0) is 18.4. The van der Waals surface area contributed by atoms with Gasteiger partial charge >= 0.3 is 0 Å². The summed E-state index contributed by atoms with van der Waals surface area (Å²) in [5.74, 6) is -1.47. The van der Waals surface area contributed by atoms with E-state index in [1.807, 2.05) is 30.3 Å². The number of hydrogen-bond donors (Lipinski definition) is 0. The van der Waals surface area contributed by atoms with Crippen molar-refractivity contribution in [1.29, 1.82) is 0 Å². The van der Waals surface area contributed by atoms with Gasteiger partial charge in [-0.25, -0.2) is 8.78 Å². The van der Waals surface area contributed by atoms with Crippen molar-refractivity contribution >= 4 is 17.4 Å². The Bertz CT molecular complexity index is 781. The van der Waals surface area contributed by atoms with E-state index in [0.717, 1.165) is 37.0 Å². The molecular formula is C21H20F2O3. The number of hydrogen-bond acceptors (Lipinski definition) is 3. The highest BCUT2D eigenvalue weighted by Gasteiger charge is 2.19. The lowest BCUT2D eigenvalue weighted by Crippen LogP contribution is -2.23. The van der Waals surface area contributed by atoms with Gasteiger partial charge in [0.1, 0.15) is 11.6 Å². The quantitative estimate of drug-likeness (QED) is 0.429. The van der Waals surface area contributed by atoms with E-state index in [2.05, 4.69) is 0 Å². The van der Waals surface area contributed by atoms with Crippen LogP contribution in [0.4, 0.5) is 8.78 Å². The first-order valence-corrected chi connectivity index (χ1v) is 8.61. The van der Waals surface area contributed by atoms with Crippen molar-refractivity contribution in [3.63, 3.8) is 0 Å². The van der Waals surface area contributed by atoms with Gasteiger partial charge in [-0.05, 0) is 42.5 Å². The zero-order valence-corrected chi connectivity index (χ0v) is 14.3. The molecule has 0 bridgehead atoms. The highest BCUT2D eigenvalue weighted by Crippen LogP contribution is 2.28. The van der Waals surface area contributed by atoms with Crippen LogP contribution in [-0.2, 0) is 14.3 Å². The second-order valence-electron chi connectivity index (χ2n) is 6.11. The molecule has 2 aromatic carbocycles. The molecule has 1 aliphatic heterocycles.